The van der Waals surface area contributed by atoms with E-state index in [1.54, 1.807) is 0 Å². The van der Waals surface area contributed by atoms with Crippen LogP contribution in [0.5, 0.6) is 11.5 Å². The summed E-state index contributed by atoms with van der Waals surface area (Å²) in [5, 5.41) is 0.685. The lowest BCUT2D eigenvalue weighted by Crippen LogP contribution is -2.43. The van der Waals surface area contributed by atoms with Crippen LogP contribution in [0.1, 0.15) is 280 Å². The summed E-state index contributed by atoms with van der Waals surface area (Å²) in [5.41, 5.74) is 12.6. The summed E-state index contributed by atoms with van der Waals surface area (Å²) in [6.45, 7) is 23.9. The summed E-state index contributed by atoms with van der Waals surface area (Å²) in [5.74, 6) is 24.3. The Bertz CT molecular complexity index is 4930. The molecule has 3 unspecified atom stereocenters. The van der Waals surface area contributed by atoms with Gasteiger partial charge in [-0.2, -0.15) is 0 Å². The first kappa shape index (κ1) is 103. The van der Waals surface area contributed by atoms with Gasteiger partial charge in [-0.3, -0.25) is 33.6 Å². The molecule has 692 valence electrons. The zero-order valence-electron chi connectivity index (χ0n) is 80.0. The van der Waals surface area contributed by atoms with Crippen molar-refractivity contribution in [3.05, 3.63) is 298 Å². The molecule has 2 aliphatic carbocycles. The third-order valence-corrected chi connectivity index (χ3v) is 45.7. The average molecular weight is 1880 g/mol. The van der Waals surface area contributed by atoms with Crippen LogP contribution in [0.3, 0.4) is 0 Å². The summed E-state index contributed by atoms with van der Waals surface area (Å²) in [7, 11) is 2.19. The van der Waals surface area contributed by atoms with E-state index in [9.17, 15) is 33.6 Å². The van der Waals surface area contributed by atoms with Gasteiger partial charge in [0.1, 0.15) is 92.0 Å². The van der Waals surface area contributed by atoms with Gasteiger partial charge in [0.25, 0.3) is 0 Å². The molecule has 9 aromatic rings. The summed E-state index contributed by atoms with van der Waals surface area (Å²) in [4.78, 5) is 87.3. The van der Waals surface area contributed by atoms with Crippen LogP contribution < -0.4 is 4.74 Å². The van der Waals surface area contributed by atoms with Crippen LogP contribution in [-0.2, 0) is 82.7 Å². The molecule has 8 aliphatic rings. The minimum absolute atomic E-state index is 0.0298. The summed E-state index contributed by atoms with van der Waals surface area (Å²) in [6, 6.07) is 79.8. The molecule has 0 radical (unpaired) electrons. The molecule has 6 heterocycles. The fraction of sp³-hybridized carbons (Fsp3) is 0.470. The van der Waals surface area contributed by atoms with Crippen LogP contribution in [0.4, 0.5) is 0 Å². The minimum atomic E-state index is -0.169. The highest BCUT2D eigenvalue weighted by Gasteiger charge is 2.50. The van der Waals surface area contributed by atoms with Gasteiger partial charge in [-0.25, -0.2) is 0 Å². The molecule has 8 nitrogen and oxygen atoms in total. The number of ether oxygens (including phenoxy) is 1. The molecule has 6 aliphatic heterocycles. The SMILES string of the molecule is CC(C)(C(=O)c1ccccc1)[S+]1CCCC1.CC[S+](CC)C(C(=O)c1ccccc1)C(C)(C)C.Cc1ccc(C(=O)C([S+]2CCCC2)C(C)(C)C)cc1.O=C(C[S+]1CCCC1)c1ccc(-c2ccccc2)cc1.O=C(C[S+]1CCCC1)c1ccc(C2CCCCC2)cc1.O=C(C[S+]1CCCC1)c1ccc(Oc2ccccc2)cc1.O=C1c2ccccc2CCC1[S+]1CCCC1. The predicted molar refractivity (Wildman–Crippen MR) is 572 cm³/mol. The van der Waals surface area contributed by atoms with Crippen LogP contribution in [0, 0.1) is 17.8 Å². The second-order valence-electron chi connectivity index (χ2n) is 38.5. The van der Waals surface area contributed by atoms with E-state index in [1.807, 2.05) is 188 Å². The first-order valence-corrected chi connectivity index (χ1v) is 60.1. The van der Waals surface area contributed by atoms with Gasteiger partial charge in [-0.15, -0.1) is 0 Å². The van der Waals surface area contributed by atoms with Crippen molar-refractivity contribution in [2.45, 2.75) is 225 Å². The fourth-order valence-corrected chi connectivity index (χ4v) is 36.9. The lowest BCUT2D eigenvalue weighted by molar-refractivity contribution is 0.0940. The predicted octanol–water partition coefficient (Wildman–Crippen LogP) is 26.0. The van der Waals surface area contributed by atoms with Gasteiger partial charge in [-0.1, -0.05) is 273 Å². The molecule has 15 heteroatoms. The Labute approximate surface area is 802 Å². The van der Waals surface area contributed by atoms with Gasteiger partial charge in [0, 0.05) is 67.1 Å². The zero-order valence-corrected chi connectivity index (χ0v) is 85.7. The van der Waals surface area contributed by atoms with E-state index in [0.717, 1.165) is 98.0 Å². The van der Waals surface area contributed by atoms with Crippen molar-refractivity contribution in [2.24, 2.45) is 10.8 Å². The average Bonchev–Trinajstić information content (AvgIpc) is 1.23. The number of benzene rings is 9. The minimum Gasteiger partial charge on any atom is -0.457 e. The third kappa shape index (κ3) is 31.5. The molecular formula is C115H149O8S7+7. The quantitative estimate of drug-likeness (QED) is 0.0409. The van der Waals surface area contributed by atoms with E-state index >= 15 is 0 Å². The maximum atomic E-state index is 12.9. The molecule has 0 amide bonds. The van der Waals surface area contributed by atoms with E-state index in [0.29, 0.717) is 83.5 Å². The van der Waals surface area contributed by atoms with Gasteiger partial charge in [0.05, 0.1) is 0 Å². The number of hydrogen-bond donors (Lipinski definition) is 0. The smallest absolute Gasteiger partial charge is 0.217 e. The highest BCUT2D eigenvalue weighted by molar-refractivity contribution is 8.00. The normalized spacial score (nSPS) is 18.0. The Kier molecular flexibility index (Phi) is 41.9. The Hall–Kier alpha value is -7.08. The van der Waals surface area contributed by atoms with Crippen LogP contribution >= 0.6 is 0 Å². The van der Waals surface area contributed by atoms with Gasteiger partial charge in [0.15, 0.2) is 37.8 Å². The van der Waals surface area contributed by atoms with Gasteiger partial charge >= 0.3 is 0 Å². The standard InChI is InChI=1S/C18H19O2S.C18H25OS.C18H19OS.C17H25OS.C16H25OS.C14H17OS.C14H19OS/c19-18(14-21-12-4-5-13-21)15-8-10-17(11-9-15)20-16-6-2-1-3-7-16;2*19-18(14-20-12-4-5-13-20)17-10-8-16(9-11-17)15-6-2-1-3-7-15;1-13-7-9-14(10-8-13)15(18)16(17(2,3)4)19-11-5-6-12-19;1-6-18(7-2)15(16(3,4)5)14(17)13-11-9-8-10-12-13;15-14-12-6-2-1-5-11(12)7-8-13(14)16-9-3-4-10-16;1-14(2,16-10-6-7-11-16)13(15)12-8-4-3-5-9-12/h1-3,6-11H,4-5,12-14H2;8-11,15H,1-7,12-14H2;1-3,6-11H,4-5,12-14H2;7-10,16H,5-6,11-12H2,1-4H3;8-12,15H,6-7H2,1-5H3;1-2,5-6,13H,3-4,7-10H2;3-5,8-9H,6-7,10-11H2,1-2H3/q7*+1. The molecule has 6 saturated heterocycles. The molecular weight excluding hydrogens is 1730 g/mol. The second kappa shape index (κ2) is 52.7. The van der Waals surface area contributed by atoms with Crippen molar-refractivity contribution < 1.29 is 38.3 Å². The second-order valence-corrected chi connectivity index (χ2v) is 55.8. The molecule has 0 N–H and O–H groups in total. The van der Waals surface area contributed by atoms with E-state index in [1.165, 1.54) is 206 Å². The number of ketones is 7. The maximum Gasteiger partial charge on any atom is 0.217 e. The van der Waals surface area contributed by atoms with E-state index < -0.39 is 0 Å². The number of para-hydroxylation sites is 1. The molecule has 0 spiro atoms. The third-order valence-electron chi connectivity index (χ3n) is 26.1. The number of carbonyl (C=O) groups is 7. The van der Waals surface area contributed by atoms with Gasteiger partial charge in [0.2, 0.25) is 40.5 Å². The van der Waals surface area contributed by atoms with E-state index in [2.05, 4.69) is 131 Å². The first-order valence-electron chi connectivity index (χ1n) is 48.4. The Morgan fingerprint density at radius 1 is 0.377 bits per heavy atom. The van der Waals surface area contributed by atoms with Crippen molar-refractivity contribution in [1.29, 1.82) is 0 Å². The molecule has 1 saturated carbocycles. The molecule has 17 rings (SSSR count). The largest absolute Gasteiger partial charge is 0.457 e. The fourth-order valence-electron chi connectivity index (χ4n) is 18.8. The van der Waals surface area contributed by atoms with E-state index in [-0.39, 0.29) is 64.5 Å². The Balaban J connectivity index is 0.000000147. The summed E-state index contributed by atoms with van der Waals surface area (Å²) >= 11 is 0. The summed E-state index contributed by atoms with van der Waals surface area (Å²) < 4.78 is 5.57. The maximum absolute atomic E-state index is 12.9. The summed E-state index contributed by atoms with van der Waals surface area (Å²) in [6.07, 6.45) is 24.8. The number of Topliss-reactive ketones (excluding diaryl/α,β-unsaturated/α-hetero) is 7. The Morgan fingerprint density at radius 2 is 0.769 bits per heavy atom. The molecule has 130 heavy (non-hydrogen) atoms. The van der Waals surface area contributed by atoms with Crippen molar-refractivity contribution in [1.82, 2.24) is 0 Å². The molecule has 0 bridgehead atoms. The van der Waals surface area contributed by atoms with Gasteiger partial charge < -0.3 is 4.74 Å². The van der Waals surface area contributed by atoms with Crippen LogP contribution in [0.15, 0.2) is 243 Å². The van der Waals surface area contributed by atoms with Crippen LogP contribution in [0.25, 0.3) is 11.1 Å². The molecule has 9 aromatic carbocycles. The molecule has 3 atom stereocenters. The monoisotopic (exact) mass is 1880 g/mol. The highest BCUT2D eigenvalue weighted by Crippen LogP contribution is 2.38. The lowest BCUT2D eigenvalue weighted by Gasteiger charge is -2.28. The van der Waals surface area contributed by atoms with Crippen molar-refractivity contribution in [2.75, 3.05) is 97.8 Å². The number of rotatable bonds is 25. The van der Waals surface area contributed by atoms with Crippen molar-refractivity contribution in [3.8, 4) is 22.6 Å². The highest BCUT2D eigenvalue weighted by atomic mass is 32.2. The van der Waals surface area contributed by atoms with Crippen molar-refractivity contribution in [3.63, 3.8) is 0 Å². The van der Waals surface area contributed by atoms with Crippen LogP contribution in [0.2, 0.25) is 0 Å². The molecule has 0 aromatic heterocycles. The molecule has 7 fully saturated rings. The number of hydrogen-bond acceptors (Lipinski definition) is 8. The first-order chi connectivity index (χ1) is 62.7. The van der Waals surface area contributed by atoms with E-state index in [4.69, 9.17) is 4.74 Å². The van der Waals surface area contributed by atoms with Gasteiger partial charge in [-0.05, 0) is 261 Å². The lowest BCUT2D eigenvalue weighted by atomic mass is 9.84. The zero-order chi connectivity index (χ0) is 92.4. The Morgan fingerprint density at radius 3 is 1.25 bits per heavy atom. The van der Waals surface area contributed by atoms with Crippen molar-refractivity contribution >= 4 is 117 Å². The number of aryl methyl sites for hydroxylation is 2. The topological polar surface area (TPSA) is 129 Å². The van der Waals surface area contributed by atoms with Crippen LogP contribution in [-0.4, -0.2) is 159 Å². The number of carbonyl (C=O) groups excluding carboxylic acids is 7. The number of fused-ring (bicyclic) bond motifs is 1.